The third kappa shape index (κ3) is 3.97. The molecule has 0 aliphatic rings. The van der Waals surface area contributed by atoms with Gasteiger partial charge in [0.25, 0.3) is 5.91 Å². The Balaban J connectivity index is 1.74. The lowest BCUT2D eigenvalue weighted by Crippen LogP contribution is -2.12. The number of amides is 1. The van der Waals surface area contributed by atoms with Crippen LogP contribution >= 0.6 is 11.3 Å². The fraction of sp³-hybridized carbons (Fsp3) is 0.238. The Morgan fingerprint density at radius 1 is 1.04 bits per heavy atom. The summed E-state index contributed by atoms with van der Waals surface area (Å²) in [5.41, 5.74) is 6.20. The molecule has 0 bridgehead atoms. The van der Waals surface area contributed by atoms with E-state index in [2.05, 4.69) is 48.4 Å². The molecule has 1 amide bonds. The molecule has 0 fully saturated rings. The Hall–Kier alpha value is -2.46. The van der Waals surface area contributed by atoms with Gasteiger partial charge in [-0.25, -0.2) is 4.98 Å². The SMILES string of the molecule is Cc1ccc(C(=O)Nc2nc(-c3ccc(C(C)C)cc3)cs2)cc1C. The molecular weight excluding hydrogens is 328 g/mol. The van der Waals surface area contributed by atoms with Gasteiger partial charge in [-0.2, -0.15) is 0 Å². The fourth-order valence-electron chi connectivity index (χ4n) is 2.55. The standard InChI is InChI=1S/C21H22N2OS/c1-13(2)16-7-9-17(10-8-16)19-12-25-21(22-19)23-20(24)18-6-5-14(3)15(4)11-18/h5-13H,1-4H3,(H,22,23,24). The van der Waals surface area contributed by atoms with E-state index in [9.17, 15) is 4.79 Å². The van der Waals surface area contributed by atoms with Crippen LogP contribution in [0.1, 0.15) is 46.8 Å². The normalized spacial score (nSPS) is 10.9. The first-order valence-corrected chi connectivity index (χ1v) is 9.26. The summed E-state index contributed by atoms with van der Waals surface area (Å²) < 4.78 is 0. The first-order chi connectivity index (χ1) is 11.9. The zero-order valence-electron chi connectivity index (χ0n) is 15.0. The summed E-state index contributed by atoms with van der Waals surface area (Å²) in [5, 5.41) is 5.48. The molecular formula is C21H22N2OS. The van der Waals surface area contributed by atoms with Crippen molar-refractivity contribution in [3.8, 4) is 11.3 Å². The van der Waals surface area contributed by atoms with Crippen LogP contribution in [0.5, 0.6) is 0 Å². The number of benzene rings is 2. The average molecular weight is 350 g/mol. The van der Waals surface area contributed by atoms with Gasteiger partial charge in [-0.3, -0.25) is 10.1 Å². The molecule has 1 N–H and O–H groups in total. The topological polar surface area (TPSA) is 42.0 Å². The number of thiazole rings is 1. The van der Waals surface area contributed by atoms with Crippen LogP contribution in [0.4, 0.5) is 5.13 Å². The summed E-state index contributed by atoms with van der Waals surface area (Å²) in [6, 6.07) is 14.1. The number of hydrogen-bond donors (Lipinski definition) is 1. The number of aryl methyl sites for hydroxylation is 2. The van der Waals surface area contributed by atoms with Gasteiger partial charge in [-0.1, -0.05) is 44.2 Å². The maximum absolute atomic E-state index is 12.4. The van der Waals surface area contributed by atoms with Crippen molar-refractivity contribution in [3.63, 3.8) is 0 Å². The van der Waals surface area contributed by atoms with Gasteiger partial charge in [-0.15, -0.1) is 11.3 Å². The second-order valence-corrected chi connectivity index (χ2v) is 7.43. The van der Waals surface area contributed by atoms with Gasteiger partial charge in [-0.05, 0) is 48.6 Å². The lowest BCUT2D eigenvalue weighted by Gasteiger charge is -2.06. The molecule has 1 aromatic heterocycles. The van der Waals surface area contributed by atoms with Crippen LogP contribution in [-0.4, -0.2) is 10.9 Å². The molecule has 3 aromatic rings. The van der Waals surface area contributed by atoms with E-state index in [1.165, 1.54) is 22.5 Å². The van der Waals surface area contributed by atoms with Crippen LogP contribution in [-0.2, 0) is 0 Å². The molecule has 0 saturated carbocycles. The molecule has 0 unspecified atom stereocenters. The van der Waals surface area contributed by atoms with E-state index in [0.29, 0.717) is 16.6 Å². The molecule has 128 valence electrons. The number of rotatable bonds is 4. The first-order valence-electron chi connectivity index (χ1n) is 8.38. The maximum atomic E-state index is 12.4. The summed E-state index contributed by atoms with van der Waals surface area (Å²) in [7, 11) is 0. The molecule has 3 nitrogen and oxygen atoms in total. The minimum Gasteiger partial charge on any atom is -0.298 e. The molecule has 0 aliphatic heterocycles. The summed E-state index contributed by atoms with van der Waals surface area (Å²) in [6.45, 7) is 8.40. The molecule has 2 aromatic carbocycles. The van der Waals surface area contributed by atoms with Gasteiger partial charge in [0.05, 0.1) is 5.69 Å². The van der Waals surface area contributed by atoms with Crippen LogP contribution < -0.4 is 5.32 Å². The lowest BCUT2D eigenvalue weighted by atomic mass is 10.0. The van der Waals surface area contributed by atoms with Crippen LogP contribution in [0.3, 0.4) is 0 Å². The zero-order chi connectivity index (χ0) is 18.0. The molecule has 0 spiro atoms. The molecule has 0 radical (unpaired) electrons. The summed E-state index contributed by atoms with van der Waals surface area (Å²) in [6.07, 6.45) is 0. The van der Waals surface area contributed by atoms with Crippen LogP contribution in [0.15, 0.2) is 47.8 Å². The van der Waals surface area contributed by atoms with Crippen molar-refractivity contribution in [2.45, 2.75) is 33.6 Å². The van der Waals surface area contributed by atoms with Gasteiger partial charge >= 0.3 is 0 Å². The van der Waals surface area contributed by atoms with Crippen molar-refractivity contribution in [1.82, 2.24) is 4.98 Å². The zero-order valence-corrected chi connectivity index (χ0v) is 15.8. The quantitative estimate of drug-likeness (QED) is 0.646. The summed E-state index contributed by atoms with van der Waals surface area (Å²) in [4.78, 5) is 16.9. The molecule has 0 saturated heterocycles. The minimum absolute atomic E-state index is 0.126. The fourth-order valence-corrected chi connectivity index (χ4v) is 3.27. The molecule has 3 rings (SSSR count). The monoisotopic (exact) mass is 350 g/mol. The molecule has 0 aliphatic carbocycles. The third-order valence-corrected chi connectivity index (χ3v) is 5.12. The summed E-state index contributed by atoms with van der Waals surface area (Å²) in [5.74, 6) is 0.386. The number of nitrogens with one attached hydrogen (secondary N) is 1. The predicted molar refractivity (Wildman–Crippen MR) is 106 cm³/mol. The van der Waals surface area contributed by atoms with E-state index in [-0.39, 0.29) is 5.91 Å². The third-order valence-electron chi connectivity index (χ3n) is 4.37. The van der Waals surface area contributed by atoms with E-state index < -0.39 is 0 Å². The minimum atomic E-state index is -0.126. The van der Waals surface area contributed by atoms with Crippen LogP contribution in [0.2, 0.25) is 0 Å². The maximum Gasteiger partial charge on any atom is 0.257 e. The van der Waals surface area contributed by atoms with E-state index in [4.69, 9.17) is 0 Å². The lowest BCUT2D eigenvalue weighted by molar-refractivity contribution is 0.102. The Morgan fingerprint density at radius 3 is 2.40 bits per heavy atom. The van der Waals surface area contributed by atoms with Crippen molar-refractivity contribution in [3.05, 3.63) is 70.1 Å². The van der Waals surface area contributed by atoms with E-state index in [1.807, 2.05) is 37.4 Å². The van der Waals surface area contributed by atoms with E-state index in [1.54, 1.807) is 0 Å². The van der Waals surface area contributed by atoms with Crippen molar-refractivity contribution in [2.24, 2.45) is 0 Å². The van der Waals surface area contributed by atoms with Crippen LogP contribution in [0.25, 0.3) is 11.3 Å². The number of nitrogens with zero attached hydrogens (tertiary/aromatic N) is 1. The first kappa shape index (κ1) is 17.4. The van der Waals surface area contributed by atoms with Crippen LogP contribution in [0, 0.1) is 13.8 Å². The molecule has 4 heteroatoms. The molecule has 25 heavy (non-hydrogen) atoms. The number of anilines is 1. The van der Waals surface area contributed by atoms with E-state index >= 15 is 0 Å². The van der Waals surface area contributed by atoms with E-state index in [0.717, 1.165) is 16.8 Å². The Kier molecular flexibility index (Phi) is 5.00. The second kappa shape index (κ2) is 7.19. The Morgan fingerprint density at radius 2 is 1.76 bits per heavy atom. The average Bonchev–Trinajstić information content (AvgIpc) is 3.05. The van der Waals surface area contributed by atoms with Gasteiger partial charge in [0.2, 0.25) is 0 Å². The summed E-state index contributed by atoms with van der Waals surface area (Å²) >= 11 is 1.44. The highest BCUT2D eigenvalue weighted by molar-refractivity contribution is 7.14. The van der Waals surface area contributed by atoms with Gasteiger partial charge < -0.3 is 0 Å². The second-order valence-electron chi connectivity index (χ2n) is 6.57. The van der Waals surface area contributed by atoms with Gasteiger partial charge in [0, 0.05) is 16.5 Å². The highest BCUT2D eigenvalue weighted by atomic mass is 32.1. The smallest absolute Gasteiger partial charge is 0.257 e. The largest absolute Gasteiger partial charge is 0.298 e. The molecule has 1 heterocycles. The number of hydrogen-bond acceptors (Lipinski definition) is 3. The Bertz CT molecular complexity index is 895. The van der Waals surface area contributed by atoms with Crippen molar-refractivity contribution in [2.75, 3.05) is 5.32 Å². The Labute approximate surface area is 152 Å². The van der Waals surface area contributed by atoms with Gasteiger partial charge in [0.15, 0.2) is 5.13 Å². The molecule has 0 atom stereocenters. The number of carbonyl (C=O) groups is 1. The highest BCUT2D eigenvalue weighted by Gasteiger charge is 2.11. The van der Waals surface area contributed by atoms with Gasteiger partial charge in [0.1, 0.15) is 0 Å². The highest BCUT2D eigenvalue weighted by Crippen LogP contribution is 2.27. The van der Waals surface area contributed by atoms with Crippen molar-refractivity contribution >= 4 is 22.4 Å². The van der Waals surface area contributed by atoms with Crippen molar-refractivity contribution in [1.29, 1.82) is 0 Å². The number of aromatic nitrogens is 1. The van der Waals surface area contributed by atoms with Crippen molar-refractivity contribution < 1.29 is 4.79 Å². The number of carbonyl (C=O) groups excluding carboxylic acids is 1. The predicted octanol–water partition coefficient (Wildman–Crippen LogP) is 5.80.